The molecule has 148 valence electrons. The van der Waals surface area contributed by atoms with Gasteiger partial charge in [0.2, 0.25) is 0 Å². The van der Waals surface area contributed by atoms with Gasteiger partial charge < -0.3 is 4.98 Å². The van der Waals surface area contributed by atoms with E-state index in [0.29, 0.717) is 5.56 Å². The van der Waals surface area contributed by atoms with Gasteiger partial charge in [-0.1, -0.05) is 29.3 Å². The molecule has 28 heavy (non-hydrogen) atoms. The molecule has 3 rings (SSSR count). The fourth-order valence-electron chi connectivity index (χ4n) is 2.57. The minimum Gasteiger partial charge on any atom is -0.310 e. The SMILES string of the molecule is Cn1nc(Cc2nc(C(F)(F)F)c(Cc3ccc(Cl)c(Cl)c3)c(=O)[nH]2)[nH]c1=O. The summed E-state index contributed by atoms with van der Waals surface area (Å²) in [6, 6.07) is 4.29. The fourth-order valence-corrected chi connectivity index (χ4v) is 2.90. The normalized spacial score (nSPS) is 11.8. The van der Waals surface area contributed by atoms with Gasteiger partial charge in [0.25, 0.3) is 5.56 Å². The molecule has 0 fully saturated rings. The molecule has 0 atom stereocenters. The summed E-state index contributed by atoms with van der Waals surface area (Å²) in [4.78, 5) is 32.0. The Hall–Kier alpha value is -2.59. The van der Waals surface area contributed by atoms with Crippen LogP contribution >= 0.6 is 23.2 Å². The topological polar surface area (TPSA) is 96.4 Å². The number of aryl methyl sites for hydroxylation is 1. The zero-order chi connectivity index (χ0) is 20.6. The lowest BCUT2D eigenvalue weighted by atomic mass is 10.0. The summed E-state index contributed by atoms with van der Waals surface area (Å²) < 4.78 is 41.5. The first-order valence-corrected chi connectivity index (χ1v) is 8.55. The molecule has 0 bridgehead atoms. The molecule has 1 aromatic carbocycles. The van der Waals surface area contributed by atoms with Gasteiger partial charge >= 0.3 is 11.9 Å². The van der Waals surface area contributed by atoms with E-state index in [1.165, 1.54) is 25.2 Å². The van der Waals surface area contributed by atoms with Gasteiger partial charge in [0.05, 0.1) is 22.0 Å². The Morgan fingerprint density at radius 2 is 1.79 bits per heavy atom. The van der Waals surface area contributed by atoms with E-state index in [9.17, 15) is 22.8 Å². The summed E-state index contributed by atoms with van der Waals surface area (Å²) in [6.45, 7) is 0. The number of nitrogens with one attached hydrogen (secondary N) is 2. The summed E-state index contributed by atoms with van der Waals surface area (Å²) in [5, 5.41) is 4.22. The van der Waals surface area contributed by atoms with E-state index in [2.05, 4.69) is 20.1 Å². The third kappa shape index (κ3) is 4.28. The Morgan fingerprint density at radius 3 is 2.36 bits per heavy atom. The summed E-state index contributed by atoms with van der Waals surface area (Å²) >= 11 is 11.7. The lowest BCUT2D eigenvalue weighted by molar-refractivity contribution is -0.142. The monoisotopic (exact) mass is 433 g/mol. The highest BCUT2D eigenvalue weighted by Gasteiger charge is 2.37. The van der Waals surface area contributed by atoms with Gasteiger partial charge in [0, 0.05) is 13.5 Å². The van der Waals surface area contributed by atoms with Crippen LogP contribution in [0.5, 0.6) is 0 Å². The molecule has 0 amide bonds. The Bertz CT molecular complexity index is 1150. The molecule has 2 aromatic heterocycles. The van der Waals surface area contributed by atoms with Gasteiger partial charge in [-0.15, -0.1) is 0 Å². The molecule has 3 aromatic rings. The Labute approximate surface area is 165 Å². The van der Waals surface area contributed by atoms with Crippen LogP contribution in [-0.4, -0.2) is 24.7 Å². The highest BCUT2D eigenvalue weighted by atomic mass is 35.5. The summed E-state index contributed by atoms with van der Waals surface area (Å²) in [6.07, 6.45) is -5.47. The predicted octanol–water partition coefficient (Wildman–Crippen LogP) is 2.70. The lowest BCUT2D eigenvalue weighted by Gasteiger charge is -2.13. The molecule has 7 nitrogen and oxygen atoms in total. The number of aromatic nitrogens is 5. The first-order valence-electron chi connectivity index (χ1n) is 7.80. The highest BCUT2D eigenvalue weighted by molar-refractivity contribution is 6.42. The van der Waals surface area contributed by atoms with Crippen molar-refractivity contribution in [3.63, 3.8) is 0 Å². The van der Waals surface area contributed by atoms with Crippen molar-refractivity contribution in [2.24, 2.45) is 7.05 Å². The second kappa shape index (κ2) is 7.44. The zero-order valence-corrected chi connectivity index (χ0v) is 15.7. The zero-order valence-electron chi connectivity index (χ0n) is 14.2. The first kappa shape index (κ1) is 20.2. The van der Waals surface area contributed by atoms with Gasteiger partial charge in [-0.2, -0.15) is 18.3 Å². The first-order chi connectivity index (χ1) is 13.0. The minimum atomic E-state index is -4.86. The summed E-state index contributed by atoms with van der Waals surface area (Å²) in [5.41, 5.74) is -2.97. The van der Waals surface area contributed by atoms with Crippen molar-refractivity contribution in [1.29, 1.82) is 0 Å². The van der Waals surface area contributed by atoms with E-state index in [1.54, 1.807) is 0 Å². The molecule has 2 N–H and O–H groups in total. The van der Waals surface area contributed by atoms with Gasteiger partial charge in [-0.05, 0) is 17.7 Å². The Morgan fingerprint density at radius 1 is 1.07 bits per heavy atom. The van der Waals surface area contributed by atoms with Crippen molar-refractivity contribution in [1.82, 2.24) is 24.7 Å². The van der Waals surface area contributed by atoms with Crippen LogP contribution in [0.1, 0.15) is 28.5 Å². The molecule has 0 radical (unpaired) electrons. The highest BCUT2D eigenvalue weighted by Crippen LogP contribution is 2.31. The van der Waals surface area contributed by atoms with Crippen molar-refractivity contribution in [3.8, 4) is 0 Å². The molecule has 0 unspecified atom stereocenters. The van der Waals surface area contributed by atoms with Crippen LogP contribution in [0, 0.1) is 0 Å². The van der Waals surface area contributed by atoms with Gasteiger partial charge in [0.1, 0.15) is 11.6 Å². The van der Waals surface area contributed by atoms with Gasteiger partial charge in [0.15, 0.2) is 5.69 Å². The minimum absolute atomic E-state index is 0.0704. The lowest BCUT2D eigenvalue weighted by Crippen LogP contribution is -2.25. The Balaban J connectivity index is 2.03. The molecule has 0 saturated heterocycles. The van der Waals surface area contributed by atoms with Crippen LogP contribution in [0.15, 0.2) is 27.8 Å². The van der Waals surface area contributed by atoms with E-state index >= 15 is 0 Å². The quantitative estimate of drug-likeness (QED) is 0.660. The molecular formula is C16H12Cl2F3N5O2. The van der Waals surface area contributed by atoms with Crippen molar-refractivity contribution >= 4 is 23.2 Å². The number of hydrogen-bond donors (Lipinski definition) is 2. The molecule has 0 spiro atoms. The van der Waals surface area contributed by atoms with E-state index in [0.717, 1.165) is 4.68 Å². The standard InChI is InChI=1S/C16H12Cl2F3N5O2/c1-26-15(28)24-12(25-26)6-11-22-13(16(19,20)21)8(14(27)23-11)4-7-2-3-9(17)10(18)5-7/h2-3,5H,4,6H2,1H3,(H,22,23,27)(H,24,25,28). The number of rotatable bonds is 4. The average molecular weight is 434 g/mol. The number of hydrogen-bond acceptors (Lipinski definition) is 4. The van der Waals surface area contributed by atoms with Crippen LogP contribution in [0.3, 0.4) is 0 Å². The Kier molecular flexibility index (Phi) is 5.35. The van der Waals surface area contributed by atoms with E-state index in [-0.39, 0.29) is 34.5 Å². The molecule has 0 aliphatic rings. The average Bonchev–Trinajstić information content (AvgIpc) is 2.89. The maximum Gasteiger partial charge on any atom is 0.433 e. The van der Waals surface area contributed by atoms with E-state index in [1.807, 2.05) is 0 Å². The fraction of sp³-hybridized carbons (Fsp3) is 0.250. The predicted molar refractivity (Wildman–Crippen MR) is 95.8 cm³/mol. The third-order valence-corrected chi connectivity index (χ3v) is 4.59. The molecule has 2 heterocycles. The van der Waals surface area contributed by atoms with Crippen LogP contribution < -0.4 is 11.2 Å². The van der Waals surface area contributed by atoms with Crippen molar-refractivity contribution in [3.05, 3.63) is 77.6 Å². The molecule has 0 aliphatic heterocycles. The second-order valence-corrected chi connectivity index (χ2v) is 6.75. The van der Waals surface area contributed by atoms with Crippen molar-refractivity contribution < 1.29 is 13.2 Å². The van der Waals surface area contributed by atoms with Gasteiger partial charge in [-0.3, -0.25) is 9.78 Å². The number of aromatic amines is 2. The largest absolute Gasteiger partial charge is 0.433 e. The van der Waals surface area contributed by atoms with Crippen molar-refractivity contribution in [2.45, 2.75) is 19.0 Å². The van der Waals surface area contributed by atoms with Crippen LogP contribution in [-0.2, 0) is 26.1 Å². The molecule has 0 aliphatic carbocycles. The molecule has 0 saturated carbocycles. The summed E-state index contributed by atoms with van der Waals surface area (Å²) in [7, 11) is 1.37. The van der Waals surface area contributed by atoms with E-state index < -0.39 is 28.7 Å². The number of H-pyrrole nitrogens is 2. The van der Waals surface area contributed by atoms with Gasteiger partial charge in [-0.25, -0.2) is 14.5 Å². The maximum absolute atomic E-state index is 13.5. The maximum atomic E-state index is 13.5. The number of nitrogens with zero attached hydrogens (tertiary/aromatic N) is 3. The third-order valence-electron chi connectivity index (χ3n) is 3.85. The summed E-state index contributed by atoms with van der Waals surface area (Å²) in [5.74, 6) is -0.203. The van der Waals surface area contributed by atoms with Crippen LogP contribution in [0.25, 0.3) is 0 Å². The van der Waals surface area contributed by atoms with Crippen LogP contribution in [0.4, 0.5) is 13.2 Å². The van der Waals surface area contributed by atoms with Crippen molar-refractivity contribution in [2.75, 3.05) is 0 Å². The second-order valence-electron chi connectivity index (χ2n) is 5.94. The number of alkyl halides is 3. The van der Waals surface area contributed by atoms with Crippen LogP contribution in [0.2, 0.25) is 10.0 Å². The number of benzene rings is 1. The number of halogens is 5. The van der Waals surface area contributed by atoms with E-state index in [4.69, 9.17) is 23.2 Å². The molecular weight excluding hydrogens is 422 g/mol. The smallest absolute Gasteiger partial charge is 0.310 e. The molecule has 12 heteroatoms.